The molecule has 0 aromatic carbocycles. The van der Waals surface area contributed by atoms with E-state index in [1.807, 2.05) is 0 Å². The number of hydrogen-bond acceptors (Lipinski definition) is 7. The summed E-state index contributed by atoms with van der Waals surface area (Å²) in [6.45, 7) is 6.52. The van der Waals surface area contributed by atoms with Gasteiger partial charge in [0.15, 0.2) is 6.10 Å². The van der Waals surface area contributed by atoms with Gasteiger partial charge in [0.2, 0.25) is 0 Å². The Morgan fingerprint density at radius 3 is 0.882 bits per heavy atom. The molecule has 0 spiro atoms. The van der Waals surface area contributed by atoms with E-state index < -0.39 is 13.7 Å². The van der Waals surface area contributed by atoms with E-state index in [0.717, 1.165) is 135 Å². The minimum absolute atomic E-state index is 0.0933. The van der Waals surface area contributed by atoms with E-state index in [4.69, 9.17) is 14.2 Å². The van der Waals surface area contributed by atoms with Gasteiger partial charge < -0.3 is 14.2 Å². The van der Waals surface area contributed by atoms with Gasteiger partial charge in [-0.2, -0.15) is 0 Å². The summed E-state index contributed by atoms with van der Waals surface area (Å²) in [6.07, 6.45) is 64.4. The lowest BCUT2D eigenvalue weighted by molar-refractivity contribution is -0.167. The molecule has 0 fully saturated rings. The van der Waals surface area contributed by atoms with Gasteiger partial charge in [0, 0.05) is 19.3 Å². The van der Waals surface area contributed by atoms with E-state index in [-0.39, 0.29) is 31.1 Å². The summed E-state index contributed by atoms with van der Waals surface area (Å²) in [5.41, 5.74) is 13.4. The highest BCUT2D eigenvalue weighted by molar-refractivity contribution is 7.56. The highest BCUT2D eigenvalue weighted by atomic mass is 31.2. The van der Waals surface area contributed by atoms with Crippen LogP contribution in [0.25, 0.3) is 0 Å². The first kappa shape index (κ1) is 67.0. The predicted molar refractivity (Wildman–Crippen MR) is 290 cm³/mol. The molecule has 0 aliphatic heterocycles. The molecular formula is C57H104N3O7P. The van der Waals surface area contributed by atoms with Crippen LogP contribution in [0, 0.1) is 0 Å². The van der Waals surface area contributed by atoms with Gasteiger partial charge in [0.05, 0.1) is 0 Å². The molecule has 0 aromatic rings. The van der Waals surface area contributed by atoms with Crippen LogP contribution in [0.2, 0.25) is 0 Å². The summed E-state index contributed by atoms with van der Waals surface area (Å²) in [5.74, 6) is -0.931. The van der Waals surface area contributed by atoms with Crippen molar-refractivity contribution in [1.82, 2.24) is 0 Å². The molecule has 0 atom stereocenters. The van der Waals surface area contributed by atoms with Crippen LogP contribution < -0.4 is 16.5 Å². The molecule has 68 heavy (non-hydrogen) atoms. The van der Waals surface area contributed by atoms with Crippen LogP contribution in [0.4, 0.5) is 0 Å². The van der Waals surface area contributed by atoms with Crippen molar-refractivity contribution in [3.63, 3.8) is 0 Å². The van der Waals surface area contributed by atoms with E-state index in [0.29, 0.717) is 19.3 Å². The van der Waals surface area contributed by atoms with Crippen molar-refractivity contribution >= 4 is 25.5 Å². The first-order valence-corrected chi connectivity index (χ1v) is 29.3. The van der Waals surface area contributed by atoms with Gasteiger partial charge in [0.25, 0.3) is 7.59 Å². The summed E-state index contributed by atoms with van der Waals surface area (Å²) in [6, 6.07) is 0. The second kappa shape index (κ2) is 54.9. The number of rotatable bonds is 47. The molecule has 0 saturated carbocycles. The molecule has 6 N–H and O–H groups in total. The molecular weight excluding hydrogens is 870 g/mol. The smallest absolute Gasteiger partial charge is 0.306 e. The molecule has 0 amide bonds. The zero-order valence-electron chi connectivity index (χ0n) is 43.9. The molecule has 0 saturated heterocycles. The molecule has 0 aliphatic rings. The summed E-state index contributed by atoms with van der Waals surface area (Å²) >= 11 is 0. The van der Waals surface area contributed by atoms with Gasteiger partial charge >= 0.3 is 17.9 Å². The summed E-state index contributed by atoms with van der Waals surface area (Å²) in [5, 5.41) is 0. The van der Waals surface area contributed by atoms with Crippen molar-refractivity contribution in [3.8, 4) is 0 Å². The molecule has 0 aromatic heterocycles. The normalized spacial score (nSPS) is 12.6. The third-order valence-corrected chi connectivity index (χ3v) is 11.2. The van der Waals surface area contributed by atoms with Crippen LogP contribution in [0.5, 0.6) is 0 Å². The molecule has 0 radical (unpaired) electrons. The third kappa shape index (κ3) is 63.0. The molecule has 394 valence electrons. The molecule has 0 aliphatic carbocycles. The first-order chi connectivity index (χ1) is 33.0. The minimum Gasteiger partial charge on any atom is -0.462 e. The van der Waals surface area contributed by atoms with Gasteiger partial charge in [-0.15, -0.1) is 0 Å². The average Bonchev–Trinajstić information content (AvgIpc) is 3.30. The zero-order chi connectivity index (χ0) is 50.3. The highest BCUT2D eigenvalue weighted by Gasteiger charge is 2.19. The standard InChI is InChI=1S/C57H98O6.H6N3OP/c1-4-7-10-13-16-19-22-25-28-31-34-37-40-43-46-49-55(58)61-52-54(63-57(60)51-48-45-42-39-36-33-30-27-24-21-18-15-12-9-6-3)53-62-56(59)50-47-44-41-38-35-32-29-26-23-20-17-14-11-8-5-2;1-5(2,3)4/h16-21,25-30,54H,4-15,22-24,31-53H2,1-3H3;(H6,1,2,3,4). The summed E-state index contributed by atoms with van der Waals surface area (Å²) < 4.78 is 26.3. The Hall–Kier alpha value is -3.04. The fourth-order valence-electron chi connectivity index (χ4n) is 7.12. The van der Waals surface area contributed by atoms with Crippen LogP contribution in [-0.4, -0.2) is 37.2 Å². The quantitative estimate of drug-likeness (QED) is 0.0175. The number of nitrogens with two attached hydrogens (primary N) is 3. The number of ether oxygens (including phenoxy) is 3. The van der Waals surface area contributed by atoms with Gasteiger partial charge in [0.1, 0.15) is 13.2 Å². The number of hydrogen-bond donors (Lipinski definition) is 3. The fourth-order valence-corrected chi connectivity index (χ4v) is 7.12. The maximum atomic E-state index is 12.8. The monoisotopic (exact) mass is 974 g/mol. The minimum atomic E-state index is -3.14. The second-order valence-corrected chi connectivity index (χ2v) is 19.7. The highest BCUT2D eigenvalue weighted by Crippen LogP contribution is 2.14. The predicted octanol–water partition coefficient (Wildman–Crippen LogP) is 16.4. The van der Waals surface area contributed by atoms with Crippen molar-refractivity contribution in [2.45, 2.75) is 258 Å². The van der Waals surface area contributed by atoms with E-state index in [1.165, 1.54) is 77.0 Å². The number of allylic oxidation sites excluding steroid dienone is 12. The van der Waals surface area contributed by atoms with E-state index in [9.17, 15) is 18.9 Å². The molecule has 0 unspecified atom stereocenters. The van der Waals surface area contributed by atoms with Gasteiger partial charge in [-0.3, -0.25) is 35.5 Å². The van der Waals surface area contributed by atoms with Crippen LogP contribution in [-0.2, 0) is 33.2 Å². The lowest BCUT2D eigenvalue weighted by atomic mass is 10.1. The van der Waals surface area contributed by atoms with Crippen LogP contribution in [0.3, 0.4) is 0 Å². The average molecular weight is 974 g/mol. The van der Waals surface area contributed by atoms with Crippen LogP contribution in [0.15, 0.2) is 72.9 Å². The Balaban J connectivity index is 0. The maximum Gasteiger partial charge on any atom is 0.306 e. The van der Waals surface area contributed by atoms with Gasteiger partial charge in [-0.05, 0) is 116 Å². The van der Waals surface area contributed by atoms with Crippen molar-refractivity contribution in [1.29, 1.82) is 0 Å². The summed E-state index contributed by atoms with van der Waals surface area (Å²) in [7, 11) is -3.14. The Morgan fingerprint density at radius 2 is 0.603 bits per heavy atom. The Morgan fingerprint density at radius 1 is 0.368 bits per heavy atom. The summed E-state index contributed by atoms with van der Waals surface area (Å²) in [4.78, 5) is 38.0. The van der Waals surface area contributed by atoms with Crippen molar-refractivity contribution in [2.75, 3.05) is 13.2 Å². The lowest BCUT2D eigenvalue weighted by Crippen LogP contribution is -2.30. The van der Waals surface area contributed by atoms with Crippen molar-refractivity contribution in [3.05, 3.63) is 72.9 Å². The van der Waals surface area contributed by atoms with Gasteiger partial charge in [-0.25, -0.2) is 0 Å². The topological polar surface area (TPSA) is 174 Å². The molecule has 10 nitrogen and oxygen atoms in total. The Bertz CT molecular complexity index is 1300. The van der Waals surface area contributed by atoms with Crippen LogP contribution in [0.1, 0.15) is 252 Å². The zero-order valence-corrected chi connectivity index (χ0v) is 44.8. The van der Waals surface area contributed by atoms with Crippen molar-refractivity contribution < 1.29 is 33.2 Å². The van der Waals surface area contributed by atoms with Crippen molar-refractivity contribution in [2.24, 2.45) is 16.5 Å². The fraction of sp³-hybridized carbons (Fsp3) is 0.737. The molecule has 11 heteroatoms. The maximum absolute atomic E-state index is 12.8. The SMILES string of the molecule is CCCCCC=CCC=CCCCCCCCC(=O)OCC(COC(=O)CCCCCCCC=CCC=CCCCCC)OC(=O)CCCCCCCC=CCC=CCCCCC.NP(N)(N)=O. The molecule has 0 rings (SSSR count). The molecule has 0 bridgehead atoms. The number of esters is 3. The first-order valence-electron chi connectivity index (χ1n) is 27.4. The third-order valence-electron chi connectivity index (χ3n) is 11.2. The Labute approximate surface area is 417 Å². The van der Waals surface area contributed by atoms with E-state index in [2.05, 4.69) is 110 Å². The second-order valence-electron chi connectivity index (χ2n) is 18.2. The number of carbonyl (C=O) groups excluding carboxylic acids is 3. The number of carbonyl (C=O) groups is 3. The van der Waals surface area contributed by atoms with Crippen LogP contribution >= 0.6 is 7.59 Å². The number of unbranched alkanes of at least 4 members (excludes halogenated alkanes) is 24. The van der Waals surface area contributed by atoms with E-state index >= 15 is 0 Å². The largest absolute Gasteiger partial charge is 0.462 e. The Kier molecular flexibility index (Phi) is 54.1. The lowest BCUT2D eigenvalue weighted by Gasteiger charge is -2.18. The van der Waals surface area contributed by atoms with Gasteiger partial charge in [-0.1, -0.05) is 190 Å². The molecule has 0 heterocycles. The van der Waals surface area contributed by atoms with E-state index in [1.54, 1.807) is 0 Å².